The minimum Gasteiger partial charge on any atom is -0.507 e. The molecule has 3 aromatic heterocycles. The van der Waals surface area contributed by atoms with Gasteiger partial charge in [-0.3, -0.25) is 4.57 Å². The number of rotatable bonds is 9. The molecule has 17 heteroatoms. The number of pyridine rings is 1. The predicted octanol–water partition coefficient (Wildman–Crippen LogP) is 18.3. The van der Waals surface area contributed by atoms with E-state index in [0.29, 0.717) is 61.7 Å². The number of phenols is 1. The molecule has 3 heterocycles. The van der Waals surface area contributed by atoms with Crippen LogP contribution in [-0.2, 0) is 26.7 Å². The zero-order valence-corrected chi connectivity index (χ0v) is 45.7. The fraction of sp³-hybridized carbons (Fsp3) is 0.323. The summed E-state index contributed by atoms with van der Waals surface area (Å²) in [6.07, 6.45) is 5.16. The maximum Gasteiger partial charge on any atom is 0.384 e. The number of hydrogen-bond acceptors (Lipinski definition) is 3. The molecule has 0 unspecified atom stereocenters. The minimum absolute atomic E-state index is 0. The van der Waals surface area contributed by atoms with E-state index in [1.165, 1.54) is 6.07 Å². The summed E-state index contributed by atoms with van der Waals surface area (Å²) in [5, 5.41) is 13.4. The first-order valence-corrected chi connectivity index (χ1v) is 25.6. The second-order valence-electron chi connectivity index (χ2n) is 22.0. The van der Waals surface area contributed by atoms with Crippen molar-refractivity contribution in [3.63, 3.8) is 0 Å². The Balaban J connectivity index is 0.00000720. The van der Waals surface area contributed by atoms with Crippen molar-refractivity contribution in [2.45, 2.75) is 120 Å². The van der Waals surface area contributed by atoms with Crippen LogP contribution in [0.1, 0.15) is 109 Å². The van der Waals surface area contributed by atoms with Crippen molar-refractivity contribution >= 4 is 33.0 Å². The molecule has 6 aromatic carbocycles. The van der Waals surface area contributed by atoms with E-state index in [9.17, 15) is 32.8 Å². The van der Waals surface area contributed by atoms with Gasteiger partial charge in [-0.05, 0) is 137 Å². The van der Waals surface area contributed by atoms with E-state index in [4.69, 9.17) is 9.97 Å². The number of alkyl halides is 11. The van der Waals surface area contributed by atoms with Crippen molar-refractivity contribution in [3.05, 3.63) is 162 Å². The summed E-state index contributed by atoms with van der Waals surface area (Å²) >= 11 is 0. The van der Waals surface area contributed by atoms with Gasteiger partial charge in [0.1, 0.15) is 17.2 Å². The first kappa shape index (κ1) is 54.4. The summed E-state index contributed by atoms with van der Waals surface area (Å²) in [4.78, 5) is 10.1. The van der Waals surface area contributed by atoms with Crippen molar-refractivity contribution in [1.29, 1.82) is 0 Å². The summed E-state index contributed by atoms with van der Waals surface area (Å²) < 4.78 is 177. The molecule has 0 spiro atoms. The average molecular weight is 1270 g/mol. The smallest absolute Gasteiger partial charge is 0.384 e. The van der Waals surface area contributed by atoms with E-state index in [-0.39, 0.29) is 67.3 Å². The van der Waals surface area contributed by atoms with E-state index < -0.39 is 46.7 Å². The van der Waals surface area contributed by atoms with Crippen LogP contribution in [0.2, 0.25) is 0 Å². The van der Waals surface area contributed by atoms with E-state index in [0.717, 1.165) is 59.7 Å². The van der Waals surface area contributed by atoms with Crippen molar-refractivity contribution < 1.29 is 75.8 Å². The van der Waals surface area contributed by atoms with Gasteiger partial charge in [-0.1, -0.05) is 102 Å². The fourth-order valence-electron chi connectivity index (χ4n) is 11.4. The van der Waals surface area contributed by atoms with Gasteiger partial charge in [-0.2, -0.15) is 43.9 Å². The largest absolute Gasteiger partial charge is 0.507 e. The summed E-state index contributed by atoms with van der Waals surface area (Å²) in [6.45, 7) is 12.0. The summed E-state index contributed by atoms with van der Waals surface area (Å²) in [7, 11) is 0. The quantitative estimate of drug-likeness (QED) is 0.116. The van der Waals surface area contributed by atoms with Gasteiger partial charge >= 0.3 is 29.6 Å². The molecule has 414 valence electrons. The molecule has 2 aliphatic carbocycles. The molecule has 0 amide bonds. The molecule has 2 aliphatic rings. The number of hydrogen-bond donors (Lipinski definition) is 1. The van der Waals surface area contributed by atoms with E-state index in [1.807, 2.05) is 80.8 Å². The monoisotopic (exact) mass is 1270 g/mol. The fourth-order valence-corrected chi connectivity index (χ4v) is 11.4. The van der Waals surface area contributed by atoms with E-state index >= 15 is 22.0 Å². The Labute approximate surface area is 464 Å². The first-order chi connectivity index (χ1) is 37.0. The maximum atomic E-state index is 16.2. The second kappa shape index (κ2) is 19.1. The normalized spacial score (nSPS) is 19.7. The van der Waals surface area contributed by atoms with Crippen molar-refractivity contribution in [2.75, 3.05) is 0 Å². The molecule has 0 aliphatic heterocycles. The average Bonchev–Trinajstić information content (AvgIpc) is 3.25. The van der Waals surface area contributed by atoms with Crippen LogP contribution >= 0.6 is 0 Å². The molecule has 0 atom stereocenters. The van der Waals surface area contributed by atoms with Gasteiger partial charge in [0.25, 0.3) is 5.67 Å². The molecule has 2 fully saturated rings. The number of aromatic nitrogens is 4. The van der Waals surface area contributed by atoms with Crippen LogP contribution in [0.3, 0.4) is 0 Å². The van der Waals surface area contributed by atoms with Gasteiger partial charge in [0.05, 0.1) is 27.8 Å². The predicted molar refractivity (Wildman–Crippen MR) is 281 cm³/mol. The molecule has 79 heavy (non-hydrogen) atoms. The number of aromatic hydroxyl groups is 1. The number of imidazole rings is 1. The van der Waals surface area contributed by atoms with Crippen molar-refractivity contribution in [3.8, 4) is 50.8 Å². The number of phenolic OH excluding ortho intramolecular Hbond substituents is 1. The molecule has 5 nitrogen and oxygen atoms in total. The maximum absolute atomic E-state index is 16.2. The molecular weight excluding hydrogens is 1220 g/mol. The molecule has 11 rings (SSSR count). The van der Waals surface area contributed by atoms with Crippen LogP contribution in [0.4, 0.5) is 48.3 Å². The molecule has 0 saturated heterocycles. The number of benzene rings is 6. The second-order valence-corrected chi connectivity index (χ2v) is 22.0. The molecule has 9 aromatic rings. The standard InChI is InChI=1S/C62H52F11N4O.Pt/c1-34(2)46-32-40(36-19-22-41(23-20-36)57(63)58(64,65)60(68,69)62(72,73)61(70,71)59(57,66)67)33-47(35(3)4)53(46)77-50-17-10-15-43(52(50)75-55(77)45-14-7-8-18-51(45)78)39-12-9-13-42(30-39)76-49-24-21-38(37-25-27-56(5,6)28-26-37)31-48(49)44-16-11-29-74-54(44)76;/h7-24,29,31-35,37,78H,25-28H2,1-6H3;/q-1;/i37D;. The molecule has 2 saturated carbocycles. The van der Waals surface area contributed by atoms with E-state index in [1.54, 1.807) is 36.5 Å². The third-order valence-electron chi connectivity index (χ3n) is 16.0. The van der Waals surface area contributed by atoms with Crippen LogP contribution < -0.4 is 0 Å². The Morgan fingerprint density at radius 3 is 1.82 bits per heavy atom. The summed E-state index contributed by atoms with van der Waals surface area (Å²) in [5.74, 6) is -37.0. The van der Waals surface area contributed by atoms with Gasteiger partial charge < -0.3 is 9.67 Å². The molecule has 0 radical (unpaired) electrons. The Morgan fingerprint density at radius 1 is 0.608 bits per heavy atom. The Kier molecular flexibility index (Phi) is 13.1. The number of para-hydroxylation sites is 2. The molecular formula is C62H52F11N4OPt-. The molecule has 1 N–H and O–H groups in total. The zero-order chi connectivity index (χ0) is 56.8. The number of fused-ring (bicyclic) bond motifs is 4. The zero-order valence-electron chi connectivity index (χ0n) is 44.4. The van der Waals surface area contributed by atoms with Gasteiger partial charge in [0.2, 0.25) is 0 Å². The van der Waals surface area contributed by atoms with Crippen LogP contribution in [0, 0.1) is 11.5 Å². The van der Waals surface area contributed by atoms with Crippen LogP contribution in [0.15, 0.2) is 134 Å². The Bertz CT molecular complexity index is 3840. The SMILES string of the molecule is [2H]C1(c2ccc3c(c2)c2cccnc2n3-c2[c-]c(-c3cccc4c3nc(-c3ccccc3O)n4-c3c(C(C)C)cc(-c4ccc(C5(F)C(F)(F)C(F)(F)C(F)(F)C(F)(F)C5(F)F)cc4)cc3C(C)C)ccc2)CCC(C)(C)CC1.[Pt]. The third-order valence-corrected chi connectivity index (χ3v) is 16.0. The number of halogens is 11. The van der Waals surface area contributed by atoms with Crippen molar-refractivity contribution in [1.82, 2.24) is 19.1 Å². The van der Waals surface area contributed by atoms with E-state index in [2.05, 4.69) is 42.7 Å². The Morgan fingerprint density at radius 2 is 1.20 bits per heavy atom. The summed E-state index contributed by atoms with van der Waals surface area (Å²) in [5.41, 5.74) is 0.0691. The van der Waals surface area contributed by atoms with Gasteiger partial charge in [-0.25, -0.2) is 14.4 Å². The van der Waals surface area contributed by atoms with Crippen molar-refractivity contribution in [2.24, 2.45) is 5.41 Å². The van der Waals surface area contributed by atoms with Gasteiger partial charge in [-0.15, -0.1) is 29.8 Å². The third kappa shape index (κ3) is 8.09. The van der Waals surface area contributed by atoms with Crippen LogP contribution in [-0.4, -0.2) is 53.8 Å². The summed E-state index contributed by atoms with van der Waals surface area (Å²) in [6, 6.07) is 37.2. The topological polar surface area (TPSA) is 55.9 Å². The first-order valence-electron chi connectivity index (χ1n) is 26.1. The number of nitrogens with zero attached hydrogens (tertiary/aromatic N) is 4. The van der Waals surface area contributed by atoms with Gasteiger partial charge in [0, 0.05) is 45.0 Å². The minimum atomic E-state index is -7.33. The molecule has 0 bridgehead atoms. The Hall–Kier alpha value is -6.54. The van der Waals surface area contributed by atoms with Crippen LogP contribution in [0.25, 0.3) is 78.0 Å². The van der Waals surface area contributed by atoms with Crippen LogP contribution in [0.5, 0.6) is 5.75 Å². The van der Waals surface area contributed by atoms with Gasteiger partial charge in [0.15, 0.2) is 0 Å².